The number of carbonyl (C=O) groups is 2. The van der Waals surface area contributed by atoms with E-state index >= 15 is 0 Å². The minimum absolute atomic E-state index is 0.0417. The molecule has 2 unspecified atom stereocenters. The Morgan fingerprint density at radius 1 is 1.50 bits per heavy atom. The van der Waals surface area contributed by atoms with Gasteiger partial charge >= 0.3 is 5.97 Å². The summed E-state index contributed by atoms with van der Waals surface area (Å²) in [6.07, 6.45) is 2.34. The maximum atomic E-state index is 12.0. The summed E-state index contributed by atoms with van der Waals surface area (Å²) in [6.45, 7) is 0.823. The molecule has 6 nitrogen and oxygen atoms in total. The zero-order valence-corrected chi connectivity index (χ0v) is 11.5. The van der Waals surface area contributed by atoms with Gasteiger partial charge in [-0.25, -0.2) is 4.79 Å². The highest BCUT2D eigenvalue weighted by Crippen LogP contribution is 2.14. The lowest BCUT2D eigenvalue weighted by atomic mass is 10.0. The molecule has 0 saturated carbocycles. The van der Waals surface area contributed by atoms with Gasteiger partial charge in [0.15, 0.2) is 0 Å². The number of carbonyl (C=O) groups excluding carboxylic acids is 1. The van der Waals surface area contributed by atoms with Gasteiger partial charge < -0.3 is 20.5 Å². The highest BCUT2D eigenvalue weighted by atomic mass is 32.2. The first-order valence-corrected chi connectivity index (χ1v) is 7.26. The van der Waals surface area contributed by atoms with Crippen molar-refractivity contribution in [2.24, 2.45) is 5.92 Å². The van der Waals surface area contributed by atoms with Gasteiger partial charge in [-0.15, -0.1) is 0 Å². The number of aliphatic carboxylic acids is 1. The maximum absolute atomic E-state index is 12.0. The summed E-state index contributed by atoms with van der Waals surface area (Å²) in [5, 5.41) is 14.6. The van der Waals surface area contributed by atoms with Gasteiger partial charge in [0.2, 0.25) is 5.91 Å². The fraction of sp³-hybridized carbons (Fsp3) is 0.818. The first-order valence-electron chi connectivity index (χ1n) is 5.87. The second-order valence-corrected chi connectivity index (χ2v) is 5.21. The van der Waals surface area contributed by atoms with Crippen LogP contribution in [0.1, 0.15) is 6.42 Å². The standard InChI is InChI=1S/C11H20N2O4S/c1-12-9-6-17-5-7(9)10(14)13-8(11(15)16)3-4-18-2/h7-9,12H,3-6H2,1-2H3,(H,13,14)(H,15,16)/t7?,8-,9?/m1/s1. The molecule has 18 heavy (non-hydrogen) atoms. The lowest BCUT2D eigenvalue weighted by molar-refractivity contribution is -0.142. The molecule has 3 atom stereocenters. The van der Waals surface area contributed by atoms with Crippen molar-refractivity contribution in [2.45, 2.75) is 18.5 Å². The molecule has 1 saturated heterocycles. The molecule has 1 aliphatic heterocycles. The van der Waals surface area contributed by atoms with E-state index in [1.165, 1.54) is 0 Å². The van der Waals surface area contributed by atoms with Crippen molar-refractivity contribution in [1.29, 1.82) is 0 Å². The Kier molecular flexibility index (Phi) is 6.45. The molecule has 0 aromatic carbocycles. The first-order chi connectivity index (χ1) is 8.60. The van der Waals surface area contributed by atoms with Crippen LogP contribution in [0.15, 0.2) is 0 Å². The average molecular weight is 276 g/mol. The summed E-state index contributed by atoms with van der Waals surface area (Å²) >= 11 is 1.56. The number of carboxylic acid groups (broad SMARTS) is 1. The van der Waals surface area contributed by atoms with E-state index in [4.69, 9.17) is 9.84 Å². The van der Waals surface area contributed by atoms with Crippen molar-refractivity contribution >= 4 is 23.6 Å². The summed E-state index contributed by atoms with van der Waals surface area (Å²) in [4.78, 5) is 23.0. The van der Waals surface area contributed by atoms with Crippen LogP contribution >= 0.6 is 11.8 Å². The van der Waals surface area contributed by atoms with Gasteiger partial charge in [0.05, 0.1) is 19.1 Å². The number of hydrogen-bond donors (Lipinski definition) is 3. The molecular formula is C11H20N2O4S. The normalized spacial score (nSPS) is 24.8. The van der Waals surface area contributed by atoms with Crippen molar-refractivity contribution in [3.63, 3.8) is 0 Å². The van der Waals surface area contributed by atoms with Crippen LogP contribution in [0.3, 0.4) is 0 Å². The predicted molar refractivity (Wildman–Crippen MR) is 69.7 cm³/mol. The van der Waals surface area contributed by atoms with Crippen molar-refractivity contribution in [1.82, 2.24) is 10.6 Å². The number of hydrogen-bond acceptors (Lipinski definition) is 5. The molecule has 1 fully saturated rings. The van der Waals surface area contributed by atoms with Gasteiger partial charge in [0.1, 0.15) is 6.04 Å². The maximum Gasteiger partial charge on any atom is 0.326 e. The predicted octanol–water partition coefficient (Wildman–Crippen LogP) is -0.457. The minimum atomic E-state index is -0.989. The van der Waals surface area contributed by atoms with E-state index in [9.17, 15) is 9.59 Å². The van der Waals surface area contributed by atoms with Crippen LogP contribution in [0.25, 0.3) is 0 Å². The number of thioether (sulfide) groups is 1. The zero-order valence-electron chi connectivity index (χ0n) is 10.6. The van der Waals surface area contributed by atoms with Crippen molar-refractivity contribution in [2.75, 3.05) is 32.3 Å². The topological polar surface area (TPSA) is 87.7 Å². The molecule has 0 aromatic heterocycles. The lowest BCUT2D eigenvalue weighted by Gasteiger charge is -2.20. The molecule has 104 valence electrons. The molecular weight excluding hydrogens is 256 g/mol. The molecule has 1 amide bonds. The number of ether oxygens (including phenoxy) is 1. The van der Waals surface area contributed by atoms with Gasteiger partial charge in [0.25, 0.3) is 0 Å². The zero-order chi connectivity index (χ0) is 13.5. The van der Waals surface area contributed by atoms with E-state index in [1.807, 2.05) is 6.26 Å². The molecule has 1 aliphatic rings. The highest BCUT2D eigenvalue weighted by molar-refractivity contribution is 7.98. The molecule has 1 heterocycles. The number of amides is 1. The fourth-order valence-electron chi connectivity index (χ4n) is 1.87. The van der Waals surface area contributed by atoms with Crippen LogP contribution in [0, 0.1) is 5.92 Å². The van der Waals surface area contributed by atoms with Gasteiger partial charge in [-0.1, -0.05) is 0 Å². The van der Waals surface area contributed by atoms with Gasteiger partial charge in [-0.2, -0.15) is 11.8 Å². The van der Waals surface area contributed by atoms with Crippen molar-refractivity contribution in [3.05, 3.63) is 0 Å². The average Bonchev–Trinajstić information content (AvgIpc) is 2.82. The fourth-order valence-corrected chi connectivity index (χ4v) is 2.34. The van der Waals surface area contributed by atoms with Gasteiger partial charge in [-0.05, 0) is 25.5 Å². The Morgan fingerprint density at radius 3 is 2.78 bits per heavy atom. The monoisotopic (exact) mass is 276 g/mol. The van der Waals surface area contributed by atoms with Crippen LogP contribution in [-0.4, -0.2) is 61.3 Å². The summed E-state index contributed by atoms with van der Waals surface area (Å²) < 4.78 is 5.23. The lowest BCUT2D eigenvalue weighted by Crippen LogP contribution is -2.48. The second-order valence-electron chi connectivity index (χ2n) is 4.22. The third-order valence-corrected chi connectivity index (χ3v) is 3.66. The molecule has 0 aromatic rings. The minimum Gasteiger partial charge on any atom is -0.480 e. The number of nitrogens with one attached hydrogen (secondary N) is 2. The van der Waals surface area contributed by atoms with Crippen molar-refractivity contribution in [3.8, 4) is 0 Å². The van der Waals surface area contributed by atoms with E-state index in [0.717, 1.165) is 0 Å². The van der Waals surface area contributed by atoms with E-state index in [0.29, 0.717) is 25.4 Å². The van der Waals surface area contributed by atoms with E-state index in [1.54, 1.807) is 18.8 Å². The van der Waals surface area contributed by atoms with Crippen LogP contribution < -0.4 is 10.6 Å². The Balaban J connectivity index is 2.52. The smallest absolute Gasteiger partial charge is 0.326 e. The summed E-state index contributed by atoms with van der Waals surface area (Å²) in [5.74, 6) is -0.850. The number of likely N-dealkylation sites (N-methyl/N-ethyl adjacent to an activating group) is 1. The Hall–Kier alpha value is -0.790. The highest BCUT2D eigenvalue weighted by Gasteiger charge is 2.34. The second kappa shape index (κ2) is 7.60. The van der Waals surface area contributed by atoms with Gasteiger partial charge in [-0.3, -0.25) is 4.79 Å². The van der Waals surface area contributed by atoms with Gasteiger partial charge in [0, 0.05) is 6.04 Å². The third kappa shape index (κ3) is 4.15. The Labute approximate surface area is 111 Å². The number of carboxylic acids is 1. The summed E-state index contributed by atoms with van der Waals surface area (Å²) in [5.41, 5.74) is 0. The van der Waals surface area contributed by atoms with E-state index in [2.05, 4.69) is 10.6 Å². The van der Waals surface area contributed by atoms with Crippen LogP contribution in [-0.2, 0) is 14.3 Å². The first kappa shape index (κ1) is 15.3. The van der Waals surface area contributed by atoms with Crippen LogP contribution in [0.2, 0.25) is 0 Å². The summed E-state index contributed by atoms with van der Waals surface area (Å²) in [7, 11) is 1.77. The van der Waals surface area contributed by atoms with E-state index in [-0.39, 0.29) is 17.9 Å². The largest absolute Gasteiger partial charge is 0.480 e. The molecule has 7 heteroatoms. The quantitative estimate of drug-likeness (QED) is 0.583. The molecule has 0 radical (unpaired) electrons. The van der Waals surface area contributed by atoms with Crippen LogP contribution in [0.4, 0.5) is 0 Å². The molecule has 0 spiro atoms. The molecule has 0 aliphatic carbocycles. The Morgan fingerprint density at radius 2 is 2.22 bits per heavy atom. The number of rotatable bonds is 7. The SMILES string of the molecule is CNC1COCC1C(=O)N[C@H](CCSC)C(=O)O. The molecule has 0 bridgehead atoms. The van der Waals surface area contributed by atoms with Crippen molar-refractivity contribution < 1.29 is 19.4 Å². The molecule has 1 rings (SSSR count). The Bertz CT molecular complexity index is 301. The summed E-state index contributed by atoms with van der Waals surface area (Å²) in [6, 6.07) is -0.858. The van der Waals surface area contributed by atoms with Crippen LogP contribution in [0.5, 0.6) is 0 Å². The molecule has 3 N–H and O–H groups in total. The third-order valence-electron chi connectivity index (χ3n) is 3.01. The van der Waals surface area contributed by atoms with E-state index < -0.39 is 12.0 Å².